The van der Waals surface area contributed by atoms with Gasteiger partial charge >= 0.3 is 21.1 Å². The Morgan fingerprint density at radius 1 is 1.33 bits per heavy atom. The fourth-order valence-electron chi connectivity index (χ4n) is 0. The van der Waals surface area contributed by atoms with Crippen molar-refractivity contribution in [1.29, 1.82) is 0 Å². The summed E-state index contributed by atoms with van der Waals surface area (Å²) in [4.78, 5) is 7.14. The third-order valence-electron chi connectivity index (χ3n) is 0. The molecule has 0 saturated carbocycles. The molecule has 0 unspecified atom stereocenters. The minimum atomic E-state index is 0. The molecule has 0 aliphatic rings. The Bertz CT molecular complexity index is 10.8. The van der Waals surface area contributed by atoms with Gasteiger partial charge in [0.2, 0.25) is 0 Å². The van der Waals surface area contributed by atoms with E-state index in [1.807, 2.05) is 0 Å². The Morgan fingerprint density at radius 3 is 1.33 bits per heavy atom. The predicted octanol–water partition coefficient (Wildman–Crippen LogP) is -0.688. The summed E-state index contributed by atoms with van der Waals surface area (Å²) < 4.78 is 0. The topological polar surface area (TPSA) is 20.2 Å². The average molecular weight is 285 g/mol. The van der Waals surface area contributed by atoms with Crippen LogP contribution < -0.4 is 0 Å². The standard InChI is InChI=1S/C2H3.CH3.H4OSi.Pt/c1-2;;1-2;/h1H,2H2;1H3;1H,2H3;/q2*-1;;+2. The van der Waals surface area contributed by atoms with Crippen LogP contribution in [0, 0.1) is 14.0 Å². The van der Waals surface area contributed by atoms with Gasteiger partial charge in [-0.25, -0.2) is 0 Å². The van der Waals surface area contributed by atoms with Gasteiger partial charge in [0.15, 0.2) is 0 Å². The maximum absolute atomic E-state index is 7.14. The summed E-state index contributed by atoms with van der Waals surface area (Å²) in [5, 5.41) is 0. The molecule has 0 aliphatic carbocycles. The van der Waals surface area contributed by atoms with Crippen molar-refractivity contribution in [1.82, 2.24) is 0 Å². The Morgan fingerprint density at radius 2 is 1.33 bits per heavy atom. The fourth-order valence-corrected chi connectivity index (χ4v) is 0. The van der Waals surface area contributed by atoms with E-state index in [-0.39, 0.29) is 28.5 Å². The first-order valence-electron chi connectivity index (χ1n) is 0.855. The summed E-state index contributed by atoms with van der Waals surface area (Å²) in [5.41, 5.74) is 0. The van der Waals surface area contributed by atoms with Gasteiger partial charge < -0.3 is 18.8 Å². The van der Waals surface area contributed by atoms with Crippen LogP contribution in [0.15, 0.2) is 6.58 Å². The van der Waals surface area contributed by atoms with Crippen LogP contribution in [0.25, 0.3) is 0 Å². The third kappa shape index (κ3) is 163. The van der Waals surface area contributed by atoms with Crippen molar-refractivity contribution in [3.05, 3.63) is 20.6 Å². The van der Waals surface area contributed by atoms with Gasteiger partial charge in [-0.15, -0.1) is 0 Å². The Labute approximate surface area is 57.3 Å². The molecule has 0 bridgehead atoms. The molecule has 0 atom stereocenters. The second kappa shape index (κ2) is 325. The minimum absolute atomic E-state index is 0. The van der Waals surface area contributed by atoms with Crippen LogP contribution in [-0.2, 0) is 21.1 Å². The van der Waals surface area contributed by atoms with E-state index in [9.17, 15) is 0 Å². The van der Waals surface area contributed by atoms with Crippen LogP contribution in [0.5, 0.6) is 0 Å². The zero-order valence-corrected chi connectivity index (χ0v) is 8.32. The molecule has 42 valence electrons. The van der Waals surface area contributed by atoms with Crippen LogP contribution in [-0.4, -0.2) is 15.3 Å². The van der Waals surface area contributed by atoms with Gasteiger partial charge in [-0.1, -0.05) is 0 Å². The molecule has 0 spiro atoms. The van der Waals surface area contributed by atoms with E-state index in [2.05, 4.69) is 13.2 Å². The van der Waals surface area contributed by atoms with Crippen molar-refractivity contribution < 1.29 is 25.9 Å². The van der Waals surface area contributed by atoms with E-state index in [1.165, 1.54) is 0 Å². The molecule has 0 amide bonds. The van der Waals surface area contributed by atoms with Crippen LogP contribution in [0.3, 0.4) is 0 Å². The van der Waals surface area contributed by atoms with Crippen molar-refractivity contribution in [3.63, 3.8) is 0 Å². The molecule has 0 rings (SSSR count). The molecule has 0 aromatic heterocycles. The Hall–Kier alpha value is 0.605. The quantitative estimate of drug-likeness (QED) is 0.461. The smallest absolute Gasteiger partial charge is 0.521 e. The summed E-state index contributed by atoms with van der Waals surface area (Å²) in [6.07, 6.45) is 0. The molecule has 0 aliphatic heterocycles. The zero-order valence-electron chi connectivity index (χ0n) is 4.05. The van der Waals surface area contributed by atoms with E-state index in [1.54, 1.807) is 0 Å². The summed E-state index contributed by atoms with van der Waals surface area (Å²) in [7, 11) is 0.306. The second-order valence-electron chi connectivity index (χ2n) is 0. The minimum Gasteiger partial charge on any atom is -0.521 e. The molecule has 6 heavy (non-hydrogen) atoms. The number of hydrogen-bond acceptors (Lipinski definition) is 1. The summed E-state index contributed by atoms with van der Waals surface area (Å²) in [6, 6.07) is 0. The van der Waals surface area contributed by atoms with Crippen molar-refractivity contribution in [2.24, 2.45) is 0 Å². The Kier molecular flexibility index (Phi) is 1650. The molecule has 0 saturated heterocycles. The van der Waals surface area contributed by atoms with Crippen LogP contribution in [0.4, 0.5) is 0 Å². The molecular weight excluding hydrogens is 275 g/mol. The zero-order chi connectivity index (χ0) is 4.00. The average Bonchev–Trinajstić information content (AvgIpc) is 1.50. The first kappa shape index (κ1) is 30.6. The Balaban J connectivity index is -0.00000000500. The number of hydrogen-bond donors (Lipinski definition) is 1. The van der Waals surface area contributed by atoms with Gasteiger partial charge in [0.05, 0.1) is 0 Å². The fraction of sp³-hybridized carbons (Fsp3) is 0. The predicted molar refractivity (Wildman–Crippen MR) is 28.5 cm³/mol. The first-order valence-corrected chi connectivity index (χ1v) is 1.75. The van der Waals surface area contributed by atoms with Gasteiger partial charge in [-0.3, -0.25) is 6.58 Å². The van der Waals surface area contributed by atoms with E-state index in [0.29, 0.717) is 10.5 Å². The largest absolute Gasteiger partial charge is 2.00 e. The van der Waals surface area contributed by atoms with E-state index in [4.69, 9.17) is 4.80 Å². The van der Waals surface area contributed by atoms with Crippen LogP contribution >= 0.6 is 0 Å². The molecule has 0 fully saturated rings. The molecule has 1 nitrogen and oxygen atoms in total. The van der Waals surface area contributed by atoms with Crippen molar-refractivity contribution in [2.75, 3.05) is 0 Å². The van der Waals surface area contributed by atoms with E-state index >= 15 is 0 Å². The molecule has 0 aromatic carbocycles. The third-order valence-corrected chi connectivity index (χ3v) is 0. The molecular formula is C3H10OPtSi. The maximum atomic E-state index is 7.14. The normalized spacial score (nSPS) is 2.17. The molecule has 0 heterocycles. The van der Waals surface area contributed by atoms with E-state index in [0.717, 1.165) is 0 Å². The van der Waals surface area contributed by atoms with Gasteiger partial charge in [-0.05, 0) is 0 Å². The molecule has 0 aromatic rings. The van der Waals surface area contributed by atoms with Crippen molar-refractivity contribution in [2.45, 2.75) is 0 Å². The van der Waals surface area contributed by atoms with Gasteiger partial charge in [0.25, 0.3) is 0 Å². The number of rotatable bonds is 0. The first-order chi connectivity index (χ1) is 2.00. The summed E-state index contributed by atoms with van der Waals surface area (Å²) >= 11 is 0. The molecule has 1 N–H and O–H groups in total. The van der Waals surface area contributed by atoms with Gasteiger partial charge in [-0.2, -0.15) is 0 Å². The summed E-state index contributed by atoms with van der Waals surface area (Å²) in [5.74, 6) is 0. The van der Waals surface area contributed by atoms with E-state index < -0.39 is 0 Å². The SMILES string of the molecule is O[SiH3].[CH-]=C.[CH3-].[Pt+2]. The molecule has 3 heteroatoms. The monoisotopic (exact) mass is 285 g/mol. The van der Waals surface area contributed by atoms with Crippen molar-refractivity contribution >= 4 is 10.5 Å². The van der Waals surface area contributed by atoms with Crippen LogP contribution in [0.2, 0.25) is 0 Å². The maximum Gasteiger partial charge on any atom is 2.00 e. The van der Waals surface area contributed by atoms with Crippen LogP contribution in [0.1, 0.15) is 0 Å². The molecule has 0 radical (unpaired) electrons. The summed E-state index contributed by atoms with van der Waals surface area (Å²) in [6.45, 7) is 7.00. The van der Waals surface area contributed by atoms with Crippen molar-refractivity contribution in [3.8, 4) is 0 Å². The van der Waals surface area contributed by atoms with Gasteiger partial charge in [0.1, 0.15) is 10.5 Å². The second-order valence-corrected chi connectivity index (χ2v) is 0. The van der Waals surface area contributed by atoms with Gasteiger partial charge in [0, 0.05) is 0 Å².